The number of rotatable bonds is 8. The second kappa shape index (κ2) is 9.25. The number of nitrogens with one attached hydrogen (secondary N) is 1. The van der Waals surface area contributed by atoms with Gasteiger partial charge in [-0.3, -0.25) is 14.5 Å². The summed E-state index contributed by atoms with van der Waals surface area (Å²) in [5.74, 6) is -1.54. The first-order valence-corrected chi connectivity index (χ1v) is 8.80. The van der Waals surface area contributed by atoms with Gasteiger partial charge in [0.1, 0.15) is 0 Å². The van der Waals surface area contributed by atoms with Crippen molar-refractivity contribution in [1.29, 1.82) is 0 Å². The van der Waals surface area contributed by atoms with Gasteiger partial charge >= 0.3 is 5.97 Å². The summed E-state index contributed by atoms with van der Waals surface area (Å²) in [5, 5.41) is 11.9. The molecular formula is C19H22N2O3S. The molecule has 0 fully saturated rings. The van der Waals surface area contributed by atoms with Crippen molar-refractivity contribution in [1.82, 2.24) is 4.90 Å². The number of hydrogen-bond donors (Lipinski definition) is 2. The van der Waals surface area contributed by atoms with E-state index in [4.69, 9.17) is 5.11 Å². The number of amides is 1. The van der Waals surface area contributed by atoms with Gasteiger partial charge in [0.2, 0.25) is 5.91 Å². The summed E-state index contributed by atoms with van der Waals surface area (Å²) in [5.41, 5.74) is 0.751. The summed E-state index contributed by atoms with van der Waals surface area (Å²) >= 11 is 1.58. The van der Waals surface area contributed by atoms with E-state index in [1.165, 1.54) is 0 Å². The quantitative estimate of drug-likeness (QED) is 0.757. The fraction of sp³-hybridized carbons (Fsp3) is 0.263. The number of hydrogen-bond acceptors (Lipinski definition) is 4. The van der Waals surface area contributed by atoms with Gasteiger partial charge in [-0.05, 0) is 31.3 Å². The maximum Gasteiger partial charge on any atom is 0.307 e. The second-order valence-corrected chi connectivity index (χ2v) is 7.01. The highest BCUT2D eigenvalue weighted by Gasteiger charge is 2.16. The first-order chi connectivity index (χ1) is 12.0. The van der Waals surface area contributed by atoms with Crippen LogP contribution in [0.2, 0.25) is 0 Å². The van der Waals surface area contributed by atoms with Crippen LogP contribution in [0.4, 0.5) is 5.69 Å². The molecule has 0 heterocycles. The van der Waals surface area contributed by atoms with Crippen LogP contribution in [-0.4, -0.2) is 42.0 Å². The Bertz CT molecular complexity index is 722. The average molecular weight is 358 g/mol. The monoisotopic (exact) mass is 358 g/mol. The highest BCUT2D eigenvalue weighted by atomic mass is 32.2. The standard InChI is InChI=1S/C19H22N2O3S/c1-14(19(23)24)12-21(2)13-18(22)20-16-10-6-7-11-17(16)25-15-8-4-3-5-9-15/h3-11,14H,12-13H2,1-2H3,(H,20,22)(H,23,24). The van der Waals surface area contributed by atoms with Crippen molar-refractivity contribution in [3.63, 3.8) is 0 Å². The molecule has 2 rings (SSSR count). The molecule has 0 aliphatic carbocycles. The number of anilines is 1. The Balaban J connectivity index is 1.98. The van der Waals surface area contributed by atoms with E-state index in [9.17, 15) is 9.59 Å². The predicted octanol–water partition coefficient (Wildman–Crippen LogP) is 3.43. The number of likely N-dealkylation sites (N-methyl/N-ethyl adjacent to an activating group) is 1. The van der Waals surface area contributed by atoms with Gasteiger partial charge in [0.05, 0.1) is 18.2 Å². The molecule has 0 radical (unpaired) electrons. The molecule has 0 aromatic heterocycles. The molecule has 2 aromatic rings. The fourth-order valence-electron chi connectivity index (χ4n) is 2.32. The third-order valence-electron chi connectivity index (χ3n) is 3.55. The number of nitrogens with zero attached hydrogens (tertiary/aromatic N) is 1. The van der Waals surface area contributed by atoms with E-state index in [1.54, 1.807) is 30.6 Å². The lowest BCUT2D eigenvalue weighted by Gasteiger charge is -2.19. The molecule has 1 unspecified atom stereocenters. The largest absolute Gasteiger partial charge is 0.481 e. The topological polar surface area (TPSA) is 69.6 Å². The molecule has 0 spiro atoms. The molecule has 132 valence electrons. The normalized spacial score (nSPS) is 12.0. The minimum atomic E-state index is -0.864. The Kier molecular flexibility index (Phi) is 7.03. The maximum atomic E-state index is 12.3. The lowest BCUT2D eigenvalue weighted by atomic mass is 10.2. The number of benzene rings is 2. The number of carbonyl (C=O) groups is 2. The average Bonchev–Trinajstić information content (AvgIpc) is 2.57. The van der Waals surface area contributed by atoms with Crippen molar-refractivity contribution >= 4 is 29.3 Å². The number of carboxylic acids is 1. The number of aliphatic carboxylic acids is 1. The fourth-order valence-corrected chi connectivity index (χ4v) is 3.24. The minimum Gasteiger partial charge on any atom is -0.481 e. The first kappa shape index (κ1) is 19.0. The molecule has 0 aliphatic heterocycles. The van der Waals surface area contributed by atoms with Crippen LogP contribution in [0.1, 0.15) is 6.92 Å². The second-order valence-electron chi connectivity index (χ2n) is 5.90. The molecule has 2 aromatic carbocycles. The lowest BCUT2D eigenvalue weighted by molar-refractivity contribution is -0.141. The molecule has 2 N–H and O–H groups in total. The minimum absolute atomic E-state index is 0.141. The van der Waals surface area contributed by atoms with E-state index >= 15 is 0 Å². The number of carbonyl (C=O) groups excluding carboxylic acids is 1. The summed E-state index contributed by atoms with van der Waals surface area (Å²) < 4.78 is 0. The molecule has 25 heavy (non-hydrogen) atoms. The van der Waals surface area contributed by atoms with Crippen molar-refractivity contribution in [2.24, 2.45) is 5.92 Å². The summed E-state index contributed by atoms with van der Waals surface area (Å²) in [6.45, 7) is 2.09. The van der Waals surface area contributed by atoms with Crippen molar-refractivity contribution < 1.29 is 14.7 Å². The van der Waals surface area contributed by atoms with Gasteiger partial charge in [0.15, 0.2) is 0 Å². The van der Waals surface area contributed by atoms with Gasteiger partial charge in [0.25, 0.3) is 0 Å². The molecular weight excluding hydrogens is 336 g/mol. The van der Waals surface area contributed by atoms with Crippen LogP contribution in [0.3, 0.4) is 0 Å². The van der Waals surface area contributed by atoms with E-state index in [0.717, 1.165) is 15.5 Å². The maximum absolute atomic E-state index is 12.3. The molecule has 0 saturated carbocycles. The predicted molar refractivity (Wildman–Crippen MR) is 99.9 cm³/mol. The molecule has 6 heteroatoms. The highest BCUT2D eigenvalue weighted by Crippen LogP contribution is 2.33. The Morgan fingerprint density at radius 1 is 1.12 bits per heavy atom. The third-order valence-corrected chi connectivity index (χ3v) is 4.64. The molecule has 1 amide bonds. The van der Waals surface area contributed by atoms with Gasteiger partial charge in [-0.2, -0.15) is 0 Å². The highest BCUT2D eigenvalue weighted by molar-refractivity contribution is 7.99. The van der Waals surface area contributed by atoms with Crippen LogP contribution < -0.4 is 5.32 Å². The van der Waals surface area contributed by atoms with Crippen LogP contribution in [0.25, 0.3) is 0 Å². The van der Waals surface area contributed by atoms with Gasteiger partial charge < -0.3 is 10.4 Å². The first-order valence-electron chi connectivity index (χ1n) is 7.99. The molecule has 0 saturated heterocycles. The Labute approximate surface area is 152 Å². The zero-order valence-corrected chi connectivity index (χ0v) is 15.1. The van der Waals surface area contributed by atoms with Gasteiger partial charge in [-0.1, -0.05) is 49.0 Å². The van der Waals surface area contributed by atoms with Gasteiger partial charge in [-0.15, -0.1) is 0 Å². The van der Waals surface area contributed by atoms with Gasteiger partial charge in [0, 0.05) is 16.3 Å². The SMILES string of the molecule is CC(CN(C)CC(=O)Nc1ccccc1Sc1ccccc1)C(=O)O. The summed E-state index contributed by atoms with van der Waals surface area (Å²) in [4.78, 5) is 26.9. The number of carboxylic acid groups (broad SMARTS) is 1. The zero-order chi connectivity index (χ0) is 18.2. The molecule has 0 aliphatic rings. The molecule has 5 nitrogen and oxygen atoms in total. The van der Waals surface area contributed by atoms with E-state index in [-0.39, 0.29) is 12.5 Å². The number of para-hydroxylation sites is 1. The van der Waals surface area contributed by atoms with Crippen molar-refractivity contribution in [3.05, 3.63) is 54.6 Å². The van der Waals surface area contributed by atoms with E-state index in [1.807, 2.05) is 54.6 Å². The van der Waals surface area contributed by atoms with Crippen LogP contribution in [-0.2, 0) is 9.59 Å². The van der Waals surface area contributed by atoms with Gasteiger partial charge in [-0.25, -0.2) is 0 Å². The molecule has 1 atom stereocenters. The van der Waals surface area contributed by atoms with Crippen molar-refractivity contribution in [3.8, 4) is 0 Å². The third kappa shape index (κ3) is 6.25. The van der Waals surface area contributed by atoms with Crippen LogP contribution in [0, 0.1) is 5.92 Å². The van der Waals surface area contributed by atoms with E-state index in [2.05, 4.69) is 5.32 Å². The van der Waals surface area contributed by atoms with Crippen molar-refractivity contribution in [2.75, 3.05) is 25.5 Å². The van der Waals surface area contributed by atoms with Crippen LogP contribution in [0.15, 0.2) is 64.4 Å². The Morgan fingerprint density at radius 3 is 2.44 bits per heavy atom. The lowest BCUT2D eigenvalue weighted by Crippen LogP contribution is -2.35. The summed E-state index contributed by atoms with van der Waals surface area (Å²) in [7, 11) is 1.74. The van der Waals surface area contributed by atoms with Crippen LogP contribution >= 0.6 is 11.8 Å². The smallest absolute Gasteiger partial charge is 0.307 e. The Morgan fingerprint density at radius 2 is 1.76 bits per heavy atom. The Hall–Kier alpha value is -2.31. The van der Waals surface area contributed by atoms with Crippen LogP contribution in [0.5, 0.6) is 0 Å². The molecule has 0 bridgehead atoms. The zero-order valence-electron chi connectivity index (χ0n) is 14.3. The summed E-state index contributed by atoms with van der Waals surface area (Å²) in [6.07, 6.45) is 0. The van der Waals surface area contributed by atoms with E-state index in [0.29, 0.717) is 6.54 Å². The van der Waals surface area contributed by atoms with Crippen molar-refractivity contribution in [2.45, 2.75) is 16.7 Å². The van der Waals surface area contributed by atoms with E-state index < -0.39 is 11.9 Å². The summed E-state index contributed by atoms with van der Waals surface area (Å²) in [6, 6.07) is 17.6.